The highest BCUT2D eigenvalue weighted by Crippen LogP contribution is 2.15. The highest BCUT2D eigenvalue weighted by atomic mass is 32.2. The van der Waals surface area contributed by atoms with E-state index in [9.17, 15) is 13.4 Å². The number of anilines is 1. The summed E-state index contributed by atoms with van der Waals surface area (Å²) in [6.45, 7) is 4.67. The van der Waals surface area contributed by atoms with Crippen molar-refractivity contribution >= 4 is 22.4 Å². The SMILES string of the molecule is CC(C)CCNC(=O)CS(=O)c1ccc(N)c(F)c1. The largest absolute Gasteiger partial charge is 0.396 e. The molecule has 1 atom stereocenters. The molecule has 4 nitrogen and oxygen atoms in total. The van der Waals surface area contributed by atoms with Crippen molar-refractivity contribution in [2.75, 3.05) is 18.0 Å². The van der Waals surface area contributed by atoms with E-state index < -0.39 is 16.6 Å². The molecule has 1 amide bonds. The lowest BCUT2D eigenvalue weighted by Gasteiger charge is -2.07. The number of nitrogen functional groups attached to an aromatic ring is 1. The van der Waals surface area contributed by atoms with Crippen LogP contribution in [0, 0.1) is 11.7 Å². The molecule has 1 unspecified atom stereocenters. The molecule has 0 saturated heterocycles. The van der Waals surface area contributed by atoms with E-state index in [1.165, 1.54) is 12.1 Å². The molecular weight excluding hydrogens is 267 g/mol. The van der Waals surface area contributed by atoms with Crippen LogP contribution in [-0.4, -0.2) is 22.4 Å². The molecule has 3 N–H and O–H groups in total. The van der Waals surface area contributed by atoms with Gasteiger partial charge in [0.15, 0.2) is 0 Å². The van der Waals surface area contributed by atoms with Crippen LogP contribution in [0.2, 0.25) is 0 Å². The van der Waals surface area contributed by atoms with Gasteiger partial charge in [-0.3, -0.25) is 9.00 Å². The fourth-order valence-electron chi connectivity index (χ4n) is 1.40. The third-order valence-electron chi connectivity index (χ3n) is 2.54. The van der Waals surface area contributed by atoms with Gasteiger partial charge in [-0.15, -0.1) is 0 Å². The van der Waals surface area contributed by atoms with E-state index >= 15 is 0 Å². The first-order valence-electron chi connectivity index (χ1n) is 6.10. The van der Waals surface area contributed by atoms with E-state index in [-0.39, 0.29) is 22.2 Å². The minimum absolute atomic E-state index is 0.00198. The maximum Gasteiger partial charge on any atom is 0.232 e. The average molecular weight is 286 g/mol. The second-order valence-electron chi connectivity index (χ2n) is 4.71. The third kappa shape index (κ3) is 5.38. The number of nitrogens with one attached hydrogen (secondary N) is 1. The van der Waals surface area contributed by atoms with Gasteiger partial charge in [0.2, 0.25) is 5.91 Å². The molecule has 0 aliphatic heterocycles. The van der Waals surface area contributed by atoms with Gasteiger partial charge < -0.3 is 11.1 Å². The molecule has 0 fully saturated rings. The Kier molecular flexibility index (Phi) is 5.95. The van der Waals surface area contributed by atoms with E-state index in [0.29, 0.717) is 12.5 Å². The van der Waals surface area contributed by atoms with Crippen molar-refractivity contribution in [3.63, 3.8) is 0 Å². The summed E-state index contributed by atoms with van der Waals surface area (Å²) in [6, 6.07) is 3.92. The zero-order chi connectivity index (χ0) is 14.4. The smallest absolute Gasteiger partial charge is 0.232 e. The van der Waals surface area contributed by atoms with Crippen molar-refractivity contribution < 1.29 is 13.4 Å². The molecule has 0 aromatic heterocycles. The van der Waals surface area contributed by atoms with E-state index in [4.69, 9.17) is 5.73 Å². The van der Waals surface area contributed by atoms with E-state index in [1.807, 2.05) is 0 Å². The molecule has 1 aromatic rings. The van der Waals surface area contributed by atoms with Crippen molar-refractivity contribution in [1.29, 1.82) is 0 Å². The zero-order valence-electron chi connectivity index (χ0n) is 11.1. The predicted octanol–water partition coefficient (Wildman–Crippen LogP) is 1.68. The third-order valence-corrected chi connectivity index (χ3v) is 3.84. The molecular formula is C13H19FN2O2S. The summed E-state index contributed by atoms with van der Waals surface area (Å²) in [7, 11) is -1.55. The highest BCUT2D eigenvalue weighted by Gasteiger charge is 2.11. The molecule has 0 bridgehead atoms. The molecule has 0 radical (unpaired) electrons. The van der Waals surface area contributed by atoms with Gasteiger partial charge in [-0.1, -0.05) is 13.8 Å². The molecule has 0 heterocycles. The average Bonchev–Trinajstić information content (AvgIpc) is 2.32. The molecule has 0 aliphatic carbocycles. The van der Waals surface area contributed by atoms with E-state index in [0.717, 1.165) is 12.5 Å². The Morgan fingerprint density at radius 3 is 2.74 bits per heavy atom. The van der Waals surface area contributed by atoms with Crippen LogP contribution in [0.25, 0.3) is 0 Å². The molecule has 19 heavy (non-hydrogen) atoms. The Labute approximate surface area is 115 Å². The summed E-state index contributed by atoms with van der Waals surface area (Å²) in [4.78, 5) is 11.8. The predicted molar refractivity (Wildman–Crippen MR) is 74.6 cm³/mol. The number of amides is 1. The maximum absolute atomic E-state index is 13.2. The second-order valence-corrected chi connectivity index (χ2v) is 6.16. The number of nitrogens with two attached hydrogens (primary N) is 1. The van der Waals surface area contributed by atoms with Crippen LogP contribution in [0.3, 0.4) is 0 Å². The van der Waals surface area contributed by atoms with Crippen LogP contribution in [0.1, 0.15) is 20.3 Å². The van der Waals surface area contributed by atoms with Crippen LogP contribution in [0.15, 0.2) is 23.1 Å². The van der Waals surface area contributed by atoms with Crippen LogP contribution in [-0.2, 0) is 15.6 Å². The number of carbonyl (C=O) groups excluding carboxylic acids is 1. The van der Waals surface area contributed by atoms with Gasteiger partial charge in [-0.25, -0.2) is 4.39 Å². The number of benzene rings is 1. The first-order chi connectivity index (χ1) is 8.90. The number of halogens is 1. The summed E-state index contributed by atoms with van der Waals surface area (Å²) >= 11 is 0. The minimum atomic E-state index is -1.55. The standard InChI is InChI=1S/C13H19FN2O2S/c1-9(2)5-6-16-13(17)8-19(18)10-3-4-12(15)11(14)7-10/h3-4,7,9H,5-6,8,15H2,1-2H3,(H,16,17). The van der Waals surface area contributed by atoms with Gasteiger partial charge in [0.25, 0.3) is 0 Å². The monoisotopic (exact) mass is 286 g/mol. The summed E-state index contributed by atoms with van der Waals surface area (Å²) in [6.07, 6.45) is 0.870. The van der Waals surface area contributed by atoms with Crippen LogP contribution < -0.4 is 11.1 Å². The van der Waals surface area contributed by atoms with Crippen molar-refractivity contribution in [2.24, 2.45) is 5.92 Å². The summed E-state index contributed by atoms with van der Waals surface area (Å²) in [5.41, 5.74) is 5.33. The highest BCUT2D eigenvalue weighted by molar-refractivity contribution is 7.85. The maximum atomic E-state index is 13.2. The first kappa shape index (κ1) is 15.6. The summed E-state index contributed by atoms with van der Waals surface area (Å²) in [5, 5.41) is 2.69. The molecule has 0 saturated carbocycles. The lowest BCUT2D eigenvalue weighted by atomic mass is 10.1. The normalized spacial score (nSPS) is 12.4. The zero-order valence-corrected chi connectivity index (χ0v) is 11.9. The van der Waals surface area contributed by atoms with Crippen LogP contribution in [0.4, 0.5) is 10.1 Å². The van der Waals surface area contributed by atoms with E-state index in [2.05, 4.69) is 19.2 Å². The van der Waals surface area contributed by atoms with Crippen LogP contribution >= 0.6 is 0 Å². The molecule has 6 heteroatoms. The van der Waals surface area contributed by atoms with Gasteiger partial charge in [-0.05, 0) is 30.5 Å². The Hall–Kier alpha value is -1.43. The molecule has 0 aliphatic rings. The molecule has 1 rings (SSSR count). The Balaban J connectivity index is 2.50. The van der Waals surface area contributed by atoms with Gasteiger partial charge in [0.1, 0.15) is 11.6 Å². The minimum Gasteiger partial charge on any atom is -0.396 e. The number of rotatable bonds is 6. The number of carbonyl (C=O) groups is 1. The fraction of sp³-hybridized carbons (Fsp3) is 0.462. The van der Waals surface area contributed by atoms with Gasteiger partial charge in [-0.2, -0.15) is 0 Å². The topological polar surface area (TPSA) is 72.2 Å². The van der Waals surface area contributed by atoms with E-state index in [1.54, 1.807) is 0 Å². The van der Waals surface area contributed by atoms with Crippen molar-refractivity contribution in [2.45, 2.75) is 25.2 Å². The van der Waals surface area contributed by atoms with Crippen LogP contribution in [0.5, 0.6) is 0 Å². The summed E-state index contributed by atoms with van der Waals surface area (Å²) in [5.74, 6) is -0.583. The Bertz CT molecular complexity index is 478. The molecule has 0 spiro atoms. The number of hydrogen-bond donors (Lipinski definition) is 2. The number of hydrogen-bond acceptors (Lipinski definition) is 3. The van der Waals surface area contributed by atoms with Gasteiger partial charge in [0.05, 0.1) is 16.5 Å². The lowest BCUT2D eigenvalue weighted by molar-refractivity contribution is -0.118. The lowest BCUT2D eigenvalue weighted by Crippen LogP contribution is -2.29. The fourth-order valence-corrected chi connectivity index (χ4v) is 2.36. The van der Waals surface area contributed by atoms with Crippen molar-refractivity contribution in [3.05, 3.63) is 24.0 Å². The second kappa shape index (κ2) is 7.23. The first-order valence-corrected chi connectivity index (χ1v) is 7.42. The van der Waals surface area contributed by atoms with Crippen molar-refractivity contribution in [3.8, 4) is 0 Å². The Morgan fingerprint density at radius 2 is 2.16 bits per heavy atom. The van der Waals surface area contributed by atoms with Crippen molar-refractivity contribution in [1.82, 2.24) is 5.32 Å². The summed E-state index contributed by atoms with van der Waals surface area (Å²) < 4.78 is 25.1. The Morgan fingerprint density at radius 1 is 1.47 bits per heavy atom. The molecule has 106 valence electrons. The molecule has 1 aromatic carbocycles. The van der Waals surface area contributed by atoms with Gasteiger partial charge in [0, 0.05) is 11.4 Å². The quantitative estimate of drug-likeness (QED) is 0.781. The van der Waals surface area contributed by atoms with Gasteiger partial charge >= 0.3 is 0 Å².